The molecular weight excluding hydrogens is 256 g/mol. The van der Waals surface area contributed by atoms with Crippen molar-refractivity contribution in [1.29, 1.82) is 0 Å². The van der Waals surface area contributed by atoms with E-state index in [1.807, 2.05) is 0 Å². The summed E-state index contributed by atoms with van der Waals surface area (Å²) in [7, 11) is 0. The fourth-order valence-electron chi connectivity index (χ4n) is 1.57. The Morgan fingerprint density at radius 2 is 1.74 bits per heavy atom. The van der Waals surface area contributed by atoms with E-state index in [2.05, 4.69) is 5.32 Å². The van der Waals surface area contributed by atoms with Crippen molar-refractivity contribution in [2.75, 3.05) is 5.73 Å². The van der Waals surface area contributed by atoms with Crippen LogP contribution < -0.4 is 16.8 Å². The van der Waals surface area contributed by atoms with Gasteiger partial charge in [-0.05, 0) is 26.0 Å². The molecule has 0 aromatic heterocycles. The molecule has 1 aromatic carbocycles. The van der Waals surface area contributed by atoms with Crippen LogP contribution >= 0.6 is 0 Å². The number of carbonyl (C=O) groups excluding carboxylic acids is 2. The predicted octanol–water partition coefficient (Wildman–Crippen LogP) is 0.931. The molecule has 0 radical (unpaired) electrons. The zero-order valence-corrected chi connectivity index (χ0v) is 10.6. The summed E-state index contributed by atoms with van der Waals surface area (Å²) in [6.07, 6.45) is -0.0985. The van der Waals surface area contributed by atoms with Gasteiger partial charge in [0.1, 0.15) is 17.3 Å². The Labute approximate surface area is 109 Å². The lowest BCUT2D eigenvalue weighted by molar-refractivity contribution is -0.119. The molecule has 0 aliphatic rings. The molecule has 0 fully saturated rings. The van der Waals surface area contributed by atoms with Gasteiger partial charge in [0, 0.05) is 17.5 Å². The Bertz CT molecular complexity index is 507. The molecule has 1 aromatic rings. The highest BCUT2D eigenvalue weighted by Crippen LogP contribution is 2.18. The van der Waals surface area contributed by atoms with Gasteiger partial charge in [0.2, 0.25) is 5.91 Å². The van der Waals surface area contributed by atoms with Gasteiger partial charge in [-0.1, -0.05) is 0 Å². The summed E-state index contributed by atoms with van der Waals surface area (Å²) in [6, 6.07) is 1.65. The van der Waals surface area contributed by atoms with E-state index in [-0.39, 0.29) is 12.0 Å². The maximum absolute atomic E-state index is 13.2. The lowest BCUT2D eigenvalue weighted by Gasteiger charge is -2.24. The highest BCUT2D eigenvalue weighted by Gasteiger charge is 2.24. The highest BCUT2D eigenvalue weighted by molar-refractivity contribution is 5.95. The minimum absolute atomic E-state index is 0.0985. The van der Waals surface area contributed by atoms with Crippen molar-refractivity contribution in [2.24, 2.45) is 5.73 Å². The van der Waals surface area contributed by atoms with Crippen molar-refractivity contribution in [3.63, 3.8) is 0 Å². The first-order valence-electron chi connectivity index (χ1n) is 5.48. The van der Waals surface area contributed by atoms with Gasteiger partial charge in [0.15, 0.2) is 0 Å². The molecular formula is C12H15F2N3O2. The Morgan fingerprint density at radius 1 is 1.26 bits per heavy atom. The molecule has 0 atom stereocenters. The topological polar surface area (TPSA) is 98.2 Å². The zero-order valence-electron chi connectivity index (χ0n) is 10.6. The molecule has 19 heavy (non-hydrogen) atoms. The van der Waals surface area contributed by atoms with Gasteiger partial charge in [0.05, 0.1) is 0 Å². The van der Waals surface area contributed by atoms with E-state index in [4.69, 9.17) is 11.5 Å². The van der Waals surface area contributed by atoms with Crippen molar-refractivity contribution in [3.05, 3.63) is 29.3 Å². The number of primary amides is 1. The third-order valence-corrected chi connectivity index (χ3v) is 2.41. The van der Waals surface area contributed by atoms with Crippen LogP contribution in [0.1, 0.15) is 30.6 Å². The number of halogens is 2. The Morgan fingerprint density at radius 3 is 2.16 bits per heavy atom. The number of nitrogens with two attached hydrogens (primary N) is 2. The smallest absolute Gasteiger partial charge is 0.251 e. The molecule has 0 bridgehead atoms. The van der Waals surface area contributed by atoms with Crippen molar-refractivity contribution in [1.82, 2.24) is 5.32 Å². The quantitative estimate of drug-likeness (QED) is 0.710. The Hall–Kier alpha value is -2.18. The van der Waals surface area contributed by atoms with Crippen LogP contribution in [-0.4, -0.2) is 17.4 Å². The first-order valence-corrected chi connectivity index (χ1v) is 5.48. The SMILES string of the molecule is CC(C)(CC(N)=O)NC(=O)c1cc(F)c(N)c(F)c1. The fraction of sp³-hybridized carbons (Fsp3) is 0.333. The van der Waals surface area contributed by atoms with E-state index >= 15 is 0 Å². The molecule has 0 aliphatic heterocycles. The lowest BCUT2D eigenvalue weighted by atomic mass is 9.99. The first kappa shape index (κ1) is 14.9. The number of benzene rings is 1. The lowest BCUT2D eigenvalue weighted by Crippen LogP contribution is -2.46. The summed E-state index contributed by atoms with van der Waals surface area (Å²) < 4.78 is 26.4. The highest BCUT2D eigenvalue weighted by atomic mass is 19.1. The second-order valence-electron chi connectivity index (χ2n) is 4.83. The number of nitrogen functional groups attached to an aromatic ring is 1. The Kier molecular flexibility index (Phi) is 4.08. The van der Waals surface area contributed by atoms with Crippen LogP contribution in [0.4, 0.5) is 14.5 Å². The predicted molar refractivity (Wildman–Crippen MR) is 66.1 cm³/mol. The van der Waals surface area contributed by atoms with Gasteiger partial charge in [-0.3, -0.25) is 9.59 Å². The minimum atomic E-state index is -1.02. The second-order valence-corrected chi connectivity index (χ2v) is 4.83. The minimum Gasteiger partial charge on any atom is -0.394 e. The van der Waals surface area contributed by atoms with Crippen LogP contribution in [0.25, 0.3) is 0 Å². The van der Waals surface area contributed by atoms with Crippen molar-refractivity contribution in [3.8, 4) is 0 Å². The molecule has 0 spiro atoms. The average molecular weight is 271 g/mol. The summed E-state index contributed by atoms with van der Waals surface area (Å²) in [5.41, 5.74) is 8.35. The van der Waals surface area contributed by atoms with E-state index in [1.165, 1.54) is 0 Å². The molecule has 0 aliphatic carbocycles. The molecule has 0 saturated carbocycles. The molecule has 7 heteroatoms. The maximum atomic E-state index is 13.2. The van der Waals surface area contributed by atoms with Gasteiger partial charge in [-0.2, -0.15) is 0 Å². The van der Waals surface area contributed by atoms with E-state index in [1.54, 1.807) is 13.8 Å². The third kappa shape index (κ3) is 3.90. The van der Waals surface area contributed by atoms with Crippen LogP contribution in [-0.2, 0) is 4.79 Å². The fourth-order valence-corrected chi connectivity index (χ4v) is 1.57. The molecule has 1 rings (SSSR count). The number of amides is 2. The van der Waals surface area contributed by atoms with Crippen LogP contribution in [0.3, 0.4) is 0 Å². The number of hydrogen-bond donors (Lipinski definition) is 3. The maximum Gasteiger partial charge on any atom is 0.251 e. The van der Waals surface area contributed by atoms with Gasteiger partial charge in [-0.25, -0.2) is 8.78 Å². The van der Waals surface area contributed by atoms with E-state index in [9.17, 15) is 18.4 Å². The van der Waals surface area contributed by atoms with Crippen molar-refractivity contribution < 1.29 is 18.4 Å². The molecule has 104 valence electrons. The number of hydrogen-bond acceptors (Lipinski definition) is 3. The molecule has 0 heterocycles. The van der Waals surface area contributed by atoms with E-state index < -0.39 is 34.7 Å². The molecule has 5 N–H and O–H groups in total. The molecule has 0 saturated heterocycles. The van der Waals surface area contributed by atoms with Gasteiger partial charge < -0.3 is 16.8 Å². The summed E-state index contributed by atoms with van der Waals surface area (Å²) in [4.78, 5) is 22.6. The number of carbonyl (C=O) groups is 2. The normalized spacial score (nSPS) is 11.2. The number of nitrogens with one attached hydrogen (secondary N) is 1. The van der Waals surface area contributed by atoms with E-state index in [0.29, 0.717) is 0 Å². The largest absolute Gasteiger partial charge is 0.394 e. The average Bonchev–Trinajstić information content (AvgIpc) is 2.22. The molecule has 2 amide bonds. The standard InChI is InChI=1S/C12H15F2N3O2/c1-12(2,5-9(15)18)17-11(19)6-3-7(13)10(16)8(14)4-6/h3-4H,5,16H2,1-2H3,(H2,15,18)(H,17,19). The Balaban J connectivity index is 2.93. The zero-order chi connectivity index (χ0) is 14.8. The van der Waals surface area contributed by atoms with Crippen LogP contribution in [0.2, 0.25) is 0 Å². The van der Waals surface area contributed by atoms with Gasteiger partial charge in [0.25, 0.3) is 5.91 Å². The summed E-state index contributed by atoms with van der Waals surface area (Å²) in [6.45, 7) is 3.14. The molecule has 5 nitrogen and oxygen atoms in total. The van der Waals surface area contributed by atoms with Crippen LogP contribution in [0, 0.1) is 11.6 Å². The summed E-state index contributed by atoms with van der Waals surface area (Å²) in [5.74, 6) is -3.35. The number of anilines is 1. The van der Waals surface area contributed by atoms with Gasteiger partial charge >= 0.3 is 0 Å². The monoisotopic (exact) mass is 271 g/mol. The van der Waals surface area contributed by atoms with E-state index in [0.717, 1.165) is 12.1 Å². The van der Waals surface area contributed by atoms with Crippen LogP contribution in [0.5, 0.6) is 0 Å². The number of rotatable bonds is 4. The summed E-state index contributed by atoms with van der Waals surface area (Å²) in [5, 5.41) is 2.46. The van der Waals surface area contributed by atoms with Crippen molar-refractivity contribution >= 4 is 17.5 Å². The van der Waals surface area contributed by atoms with Crippen LogP contribution in [0.15, 0.2) is 12.1 Å². The second kappa shape index (κ2) is 5.21. The first-order chi connectivity index (χ1) is 8.62. The van der Waals surface area contributed by atoms with Gasteiger partial charge in [-0.15, -0.1) is 0 Å². The molecule has 0 unspecified atom stereocenters. The summed E-state index contributed by atoms with van der Waals surface area (Å²) >= 11 is 0. The third-order valence-electron chi connectivity index (χ3n) is 2.41. The van der Waals surface area contributed by atoms with Crippen molar-refractivity contribution in [2.45, 2.75) is 25.8 Å².